The maximum absolute atomic E-state index is 13.0. The van der Waals surface area contributed by atoms with Crippen LogP contribution in [0.15, 0.2) is 0 Å². The highest BCUT2D eigenvalue weighted by Crippen LogP contribution is 2.38. The molecule has 3 fully saturated rings. The van der Waals surface area contributed by atoms with E-state index in [9.17, 15) is 9.59 Å². The van der Waals surface area contributed by atoms with Crippen molar-refractivity contribution in [3.8, 4) is 0 Å². The topological polar surface area (TPSA) is 58.6 Å². The van der Waals surface area contributed by atoms with Crippen molar-refractivity contribution in [3.05, 3.63) is 0 Å². The van der Waals surface area contributed by atoms with Gasteiger partial charge in [-0.15, -0.1) is 0 Å². The van der Waals surface area contributed by atoms with E-state index in [2.05, 4.69) is 12.2 Å². The quantitative estimate of drug-likeness (QED) is 0.785. The number of amides is 2. The van der Waals surface area contributed by atoms with Crippen LogP contribution in [0.4, 0.5) is 0 Å². The predicted octanol–water partition coefficient (Wildman–Crippen LogP) is 1.22. The third kappa shape index (κ3) is 1.94. The van der Waals surface area contributed by atoms with Crippen molar-refractivity contribution in [1.29, 1.82) is 0 Å². The summed E-state index contributed by atoms with van der Waals surface area (Å²) < 4.78 is 5.66. The van der Waals surface area contributed by atoms with E-state index < -0.39 is 5.54 Å². The van der Waals surface area contributed by atoms with E-state index >= 15 is 0 Å². The number of nitrogens with zero attached hydrogens (tertiary/aromatic N) is 1. The lowest BCUT2D eigenvalue weighted by atomic mass is 9.77. The van der Waals surface area contributed by atoms with E-state index in [0.29, 0.717) is 6.61 Å². The Labute approximate surface area is 120 Å². The molecule has 20 heavy (non-hydrogen) atoms. The summed E-state index contributed by atoms with van der Waals surface area (Å²) in [6.07, 6.45) is 5.53. The monoisotopic (exact) mass is 280 g/mol. The normalized spacial score (nSPS) is 37.3. The van der Waals surface area contributed by atoms with Crippen molar-refractivity contribution in [2.45, 2.75) is 69.6 Å². The Kier molecular flexibility index (Phi) is 3.27. The van der Waals surface area contributed by atoms with Gasteiger partial charge in [-0.3, -0.25) is 9.59 Å². The van der Waals surface area contributed by atoms with Crippen LogP contribution in [0.2, 0.25) is 0 Å². The van der Waals surface area contributed by atoms with Crippen molar-refractivity contribution in [3.63, 3.8) is 0 Å². The highest BCUT2D eigenvalue weighted by molar-refractivity contribution is 5.98. The molecule has 2 atom stereocenters. The first-order valence-electron chi connectivity index (χ1n) is 7.73. The van der Waals surface area contributed by atoms with Crippen molar-refractivity contribution in [2.75, 3.05) is 13.2 Å². The number of ether oxygens (including phenoxy) is 1. The van der Waals surface area contributed by atoms with Gasteiger partial charge in [-0.05, 0) is 33.1 Å². The molecular formula is C15H24N2O3. The molecule has 2 saturated heterocycles. The van der Waals surface area contributed by atoms with Gasteiger partial charge in [-0.1, -0.05) is 19.3 Å². The molecule has 1 saturated carbocycles. The molecule has 3 aliphatic rings. The smallest absolute Gasteiger partial charge is 0.249 e. The van der Waals surface area contributed by atoms with Gasteiger partial charge in [0.05, 0.1) is 11.6 Å². The summed E-state index contributed by atoms with van der Waals surface area (Å²) in [5, 5.41) is 3.00. The molecule has 5 heteroatoms. The van der Waals surface area contributed by atoms with E-state index in [0.717, 1.165) is 38.5 Å². The fraction of sp³-hybridized carbons (Fsp3) is 0.867. The van der Waals surface area contributed by atoms with Gasteiger partial charge in [0.25, 0.3) is 0 Å². The van der Waals surface area contributed by atoms with Crippen molar-refractivity contribution < 1.29 is 14.3 Å². The molecule has 5 nitrogen and oxygen atoms in total. The number of carbonyl (C=O) groups excluding carboxylic acids is 2. The molecule has 112 valence electrons. The molecular weight excluding hydrogens is 256 g/mol. The molecule has 1 N–H and O–H groups in total. The first-order valence-corrected chi connectivity index (χ1v) is 7.73. The number of hydrogen-bond acceptors (Lipinski definition) is 3. The summed E-state index contributed by atoms with van der Waals surface area (Å²) in [4.78, 5) is 27.0. The fourth-order valence-corrected chi connectivity index (χ4v) is 3.92. The number of hydrogen-bond donors (Lipinski definition) is 1. The van der Waals surface area contributed by atoms with Gasteiger partial charge in [0, 0.05) is 6.61 Å². The Morgan fingerprint density at radius 2 is 1.90 bits per heavy atom. The van der Waals surface area contributed by atoms with Crippen LogP contribution >= 0.6 is 0 Å². The first-order chi connectivity index (χ1) is 9.48. The molecule has 2 heterocycles. The van der Waals surface area contributed by atoms with Crippen LogP contribution in [-0.2, 0) is 14.3 Å². The minimum absolute atomic E-state index is 0.0157. The zero-order valence-electron chi connectivity index (χ0n) is 12.4. The molecule has 0 aromatic heterocycles. The van der Waals surface area contributed by atoms with E-state index in [4.69, 9.17) is 4.74 Å². The highest BCUT2D eigenvalue weighted by atomic mass is 16.5. The minimum Gasteiger partial charge on any atom is -0.376 e. The lowest BCUT2D eigenvalue weighted by molar-refractivity contribution is -0.159. The van der Waals surface area contributed by atoms with Crippen LogP contribution in [-0.4, -0.2) is 47.0 Å². The molecule has 0 aromatic rings. The Bertz CT molecular complexity index is 431. The molecule has 0 aromatic carbocycles. The van der Waals surface area contributed by atoms with Crippen molar-refractivity contribution in [1.82, 2.24) is 10.2 Å². The zero-order chi connectivity index (χ0) is 14.4. The Balaban J connectivity index is 1.91. The van der Waals surface area contributed by atoms with Gasteiger partial charge < -0.3 is 15.0 Å². The zero-order valence-corrected chi connectivity index (χ0v) is 12.4. The van der Waals surface area contributed by atoms with E-state index in [1.54, 1.807) is 4.90 Å². The van der Waals surface area contributed by atoms with Crippen LogP contribution < -0.4 is 5.32 Å². The largest absolute Gasteiger partial charge is 0.376 e. The average Bonchev–Trinajstić information content (AvgIpc) is 2.76. The SMILES string of the molecule is CC1OCCC1(C)N1CC(=O)NC2(CCCCC2)C1=O. The lowest BCUT2D eigenvalue weighted by Gasteiger charge is -2.50. The average molecular weight is 280 g/mol. The van der Waals surface area contributed by atoms with Crippen LogP contribution in [0.5, 0.6) is 0 Å². The fourth-order valence-electron chi connectivity index (χ4n) is 3.92. The van der Waals surface area contributed by atoms with E-state index in [-0.39, 0.29) is 30.0 Å². The molecule has 3 rings (SSSR count). The summed E-state index contributed by atoms with van der Waals surface area (Å²) in [6.45, 7) is 4.89. The van der Waals surface area contributed by atoms with Gasteiger partial charge in [0.2, 0.25) is 11.8 Å². The molecule has 2 amide bonds. The highest BCUT2D eigenvalue weighted by Gasteiger charge is 2.54. The number of piperazine rings is 1. The minimum atomic E-state index is -0.640. The third-order valence-corrected chi connectivity index (χ3v) is 5.51. The third-order valence-electron chi connectivity index (χ3n) is 5.51. The standard InChI is InChI=1S/C15H24N2O3/c1-11-14(2,8-9-20-11)17-10-12(18)16-15(13(17)19)6-4-3-5-7-15/h11H,3-10H2,1-2H3,(H,16,18). The maximum atomic E-state index is 13.0. The molecule has 0 bridgehead atoms. The molecule has 2 aliphatic heterocycles. The maximum Gasteiger partial charge on any atom is 0.249 e. The molecule has 2 unspecified atom stereocenters. The second kappa shape index (κ2) is 4.72. The van der Waals surface area contributed by atoms with Crippen LogP contribution in [0, 0.1) is 0 Å². The summed E-state index contributed by atoms with van der Waals surface area (Å²) in [7, 11) is 0. The predicted molar refractivity (Wildman–Crippen MR) is 74.1 cm³/mol. The van der Waals surface area contributed by atoms with Gasteiger partial charge in [-0.25, -0.2) is 0 Å². The van der Waals surface area contributed by atoms with E-state index in [1.165, 1.54) is 0 Å². The second-order valence-electron chi connectivity index (χ2n) is 6.70. The summed E-state index contributed by atoms with van der Waals surface area (Å²) in [5.74, 6) is 0.0866. The van der Waals surface area contributed by atoms with Gasteiger partial charge in [0.1, 0.15) is 12.1 Å². The van der Waals surface area contributed by atoms with E-state index in [1.807, 2.05) is 6.92 Å². The van der Waals surface area contributed by atoms with Crippen LogP contribution in [0.3, 0.4) is 0 Å². The van der Waals surface area contributed by atoms with Crippen molar-refractivity contribution >= 4 is 11.8 Å². The van der Waals surface area contributed by atoms with Crippen LogP contribution in [0.25, 0.3) is 0 Å². The first kappa shape index (κ1) is 13.9. The Hall–Kier alpha value is -1.10. The lowest BCUT2D eigenvalue weighted by Crippen LogP contribution is -2.72. The Morgan fingerprint density at radius 3 is 2.50 bits per heavy atom. The summed E-state index contributed by atoms with van der Waals surface area (Å²) in [6, 6.07) is 0. The summed E-state index contributed by atoms with van der Waals surface area (Å²) >= 11 is 0. The second-order valence-corrected chi connectivity index (χ2v) is 6.70. The Morgan fingerprint density at radius 1 is 1.20 bits per heavy atom. The van der Waals surface area contributed by atoms with Crippen molar-refractivity contribution in [2.24, 2.45) is 0 Å². The molecule has 0 radical (unpaired) electrons. The number of rotatable bonds is 1. The number of nitrogens with one attached hydrogen (secondary N) is 1. The molecule has 1 spiro atoms. The van der Waals surface area contributed by atoms with Gasteiger partial charge in [0.15, 0.2) is 0 Å². The summed E-state index contributed by atoms with van der Waals surface area (Å²) in [5.41, 5.74) is -0.988. The molecule has 1 aliphatic carbocycles. The van der Waals surface area contributed by atoms with Crippen LogP contribution in [0.1, 0.15) is 52.4 Å². The van der Waals surface area contributed by atoms with Gasteiger partial charge in [-0.2, -0.15) is 0 Å². The van der Waals surface area contributed by atoms with Gasteiger partial charge >= 0.3 is 0 Å². The number of carbonyl (C=O) groups is 2.